The van der Waals surface area contributed by atoms with Crippen LogP contribution in [0.1, 0.15) is 49.0 Å². The molecule has 1 heterocycles. The van der Waals surface area contributed by atoms with Gasteiger partial charge in [0.25, 0.3) is 0 Å². The zero-order valence-corrected chi connectivity index (χ0v) is 12.4. The Bertz CT molecular complexity index is 547. The predicted molar refractivity (Wildman–Crippen MR) is 80.5 cm³/mol. The number of halogens is 1. The van der Waals surface area contributed by atoms with E-state index in [4.69, 9.17) is 0 Å². The van der Waals surface area contributed by atoms with Crippen molar-refractivity contribution in [1.29, 1.82) is 0 Å². The van der Waals surface area contributed by atoms with Crippen molar-refractivity contribution in [3.8, 4) is 0 Å². The fraction of sp³-hybridized carbons (Fsp3) is 0.500. The highest BCUT2D eigenvalue weighted by Gasteiger charge is 2.18. The Morgan fingerprint density at radius 3 is 2.79 bits per heavy atom. The van der Waals surface area contributed by atoms with Crippen molar-refractivity contribution in [2.24, 2.45) is 0 Å². The molecule has 2 aromatic rings. The van der Waals surface area contributed by atoms with Crippen molar-refractivity contribution < 1.29 is 9.50 Å². The van der Waals surface area contributed by atoms with Crippen LogP contribution in [-0.4, -0.2) is 11.7 Å². The first-order valence-electron chi connectivity index (χ1n) is 6.96. The van der Waals surface area contributed by atoms with Crippen LogP contribution in [0.3, 0.4) is 0 Å². The zero-order chi connectivity index (χ0) is 13.8. The first-order valence-corrected chi connectivity index (χ1v) is 7.78. The van der Waals surface area contributed by atoms with E-state index in [1.165, 1.54) is 29.3 Å². The molecule has 0 aliphatic carbocycles. The minimum atomic E-state index is -0.174. The molecule has 0 bridgehead atoms. The number of fused-ring (bicyclic) bond motifs is 1. The van der Waals surface area contributed by atoms with Crippen LogP contribution in [-0.2, 0) is 0 Å². The number of hydrogen-bond donors (Lipinski definition) is 1. The molecule has 0 aliphatic heterocycles. The summed E-state index contributed by atoms with van der Waals surface area (Å²) < 4.78 is 14.3. The molecule has 1 nitrogen and oxygen atoms in total. The van der Waals surface area contributed by atoms with Crippen molar-refractivity contribution in [1.82, 2.24) is 0 Å². The number of aliphatic hydroxyl groups excluding tert-OH is 1. The van der Waals surface area contributed by atoms with E-state index in [2.05, 4.69) is 13.8 Å². The number of unbranched alkanes of at least 4 members (excludes halogenated alkanes) is 1. The lowest BCUT2D eigenvalue weighted by Gasteiger charge is -2.14. The Balaban J connectivity index is 2.38. The number of thiophene rings is 1. The van der Waals surface area contributed by atoms with Gasteiger partial charge in [0.15, 0.2) is 0 Å². The minimum absolute atomic E-state index is 0.174. The maximum absolute atomic E-state index is 13.3. The van der Waals surface area contributed by atoms with Crippen molar-refractivity contribution in [2.45, 2.75) is 45.4 Å². The molecule has 0 radical (unpaired) electrons. The van der Waals surface area contributed by atoms with Crippen LogP contribution in [0.15, 0.2) is 18.2 Å². The SMILES string of the molecule is CCCCC(CCO)c1sc2cc(F)ccc2c1C. The molecular formula is C16H21FOS. The summed E-state index contributed by atoms with van der Waals surface area (Å²) in [6.07, 6.45) is 4.25. The van der Waals surface area contributed by atoms with E-state index in [0.29, 0.717) is 5.92 Å². The van der Waals surface area contributed by atoms with Gasteiger partial charge in [0.1, 0.15) is 5.82 Å². The number of aryl methyl sites for hydroxylation is 1. The first kappa shape index (κ1) is 14.5. The van der Waals surface area contributed by atoms with E-state index in [1.54, 1.807) is 17.4 Å². The molecule has 1 N–H and O–H groups in total. The molecule has 0 spiro atoms. The molecule has 104 valence electrons. The quantitative estimate of drug-likeness (QED) is 0.789. The summed E-state index contributed by atoms with van der Waals surface area (Å²) in [5.41, 5.74) is 1.26. The lowest BCUT2D eigenvalue weighted by molar-refractivity contribution is 0.272. The highest BCUT2D eigenvalue weighted by molar-refractivity contribution is 7.19. The number of rotatable bonds is 6. The number of hydrogen-bond acceptors (Lipinski definition) is 2. The summed E-state index contributed by atoms with van der Waals surface area (Å²) in [7, 11) is 0. The highest BCUT2D eigenvalue weighted by atomic mass is 32.1. The van der Waals surface area contributed by atoms with Gasteiger partial charge in [-0.05, 0) is 48.8 Å². The molecule has 1 aromatic carbocycles. The standard InChI is InChI=1S/C16H21FOS/c1-3-4-5-12(8-9-18)16-11(2)14-7-6-13(17)10-15(14)19-16/h6-7,10,12,18H,3-5,8-9H2,1-2H3. The van der Waals surface area contributed by atoms with Gasteiger partial charge in [0.05, 0.1) is 0 Å². The molecule has 0 amide bonds. The first-order chi connectivity index (χ1) is 9.17. The molecule has 2 rings (SSSR count). The summed E-state index contributed by atoms with van der Waals surface area (Å²) in [6, 6.07) is 5.01. The van der Waals surface area contributed by atoms with Crippen molar-refractivity contribution in [3.63, 3.8) is 0 Å². The monoisotopic (exact) mass is 280 g/mol. The van der Waals surface area contributed by atoms with Gasteiger partial charge in [-0.3, -0.25) is 0 Å². The van der Waals surface area contributed by atoms with Gasteiger partial charge in [0.2, 0.25) is 0 Å². The smallest absolute Gasteiger partial charge is 0.124 e. The molecule has 1 aromatic heterocycles. The Hall–Kier alpha value is -0.930. The fourth-order valence-corrected chi connectivity index (χ4v) is 4.03. The van der Waals surface area contributed by atoms with Crippen LogP contribution in [0.5, 0.6) is 0 Å². The topological polar surface area (TPSA) is 20.2 Å². The lowest BCUT2D eigenvalue weighted by atomic mass is 9.94. The van der Waals surface area contributed by atoms with Crippen LogP contribution >= 0.6 is 11.3 Å². The third kappa shape index (κ3) is 3.15. The number of benzene rings is 1. The second kappa shape index (κ2) is 6.49. The Labute approximate surface area is 118 Å². The van der Waals surface area contributed by atoms with Crippen LogP contribution in [0.4, 0.5) is 4.39 Å². The average Bonchev–Trinajstić information content (AvgIpc) is 2.71. The van der Waals surface area contributed by atoms with Crippen LogP contribution in [0.2, 0.25) is 0 Å². The molecule has 0 aliphatic rings. The average molecular weight is 280 g/mol. The van der Waals surface area contributed by atoms with Gasteiger partial charge >= 0.3 is 0 Å². The lowest BCUT2D eigenvalue weighted by Crippen LogP contribution is -2.01. The maximum atomic E-state index is 13.3. The second-order valence-corrected chi connectivity index (χ2v) is 6.17. The third-order valence-corrected chi connectivity index (χ3v) is 5.11. The van der Waals surface area contributed by atoms with Crippen molar-refractivity contribution in [3.05, 3.63) is 34.5 Å². The molecule has 0 saturated carbocycles. The van der Waals surface area contributed by atoms with Gasteiger partial charge in [0, 0.05) is 16.2 Å². The van der Waals surface area contributed by atoms with Crippen LogP contribution in [0, 0.1) is 12.7 Å². The highest BCUT2D eigenvalue weighted by Crippen LogP contribution is 2.39. The summed E-state index contributed by atoms with van der Waals surface area (Å²) in [6.45, 7) is 4.52. The molecule has 0 fully saturated rings. The maximum Gasteiger partial charge on any atom is 0.124 e. The summed E-state index contributed by atoms with van der Waals surface area (Å²) in [5, 5.41) is 10.4. The Morgan fingerprint density at radius 1 is 1.32 bits per heavy atom. The fourth-order valence-electron chi connectivity index (χ4n) is 2.62. The number of aliphatic hydroxyl groups is 1. The van der Waals surface area contributed by atoms with Gasteiger partial charge in [-0.2, -0.15) is 0 Å². The molecule has 1 unspecified atom stereocenters. The summed E-state index contributed by atoms with van der Waals surface area (Å²) in [4.78, 5) is 1.32. The third-order valence-electron chi connectivity index (χ3n) is 3.69. The van der Waals surface area contributed by atoms with E-state index in [9.17, 15) is 9.50 Å². The normalized spacial score (nSPS) is 13.1. The molecule has 3 heteroatoms. The molecule has 19 heavy (non-hydrogen) atoms. The van der Waals surface area contributed by atoms with Crippen molar-refractivity contribution in [2.75, 3.05) is 6.61 Å². The van der Waals surface area contributed by atoms with Gasteiger partial charge in [-0.1, -0.05) is 25.8 Å². The van der Waals surface area contributed by atoms with Gasteiger partial charge in [-0.15, -0.1) is 11.3 Å². The Morgan fingerprint density at radius 2 is 2.11 bits per heavy atom. The summed E-state index contributed by atoms with van der Waals surface area (Å²) >= 11 is 1.69. The van der Waals surface area contributed by atoms with Crippen LogP contribution < -0.4 is 0 Å². The van der Waals surface area contributed by atoms with Crippen molar-refractivity contribution >= 4 is 21.4 Å². The molecular weight excluding hydrogens is 259 g/mol. The zero-order valence-electron chi connectivity index (χ0n) is 11.6. The molecule has 1 atom stereocenters. The summed E-state index contributed by atoms with van der Waals surface area (Å²) in [5.74, 6) is 0.234. The van der Waals surface area contributed by atoms with E-state index < -0.39 is 0 Å². The second-order valence-electron chi connectivity index (χ2n) is 5.08. The van der Waals surface area contributed by atoms with E-state index in [0.717, 1.165) is 22.9 Å². The molecule has 0 saturated heterocycles. The predicted octanol–water partition coefficient (Wildman–Crippen LogP) is 5.01. The Kier molecular flexibility index (Phi) is 4.94. The van der Waals surface area contributed by atoms with E-state index in [-0.39, 0.29) is 12.4 Å². The van der Waals surface area contributed by atoms with E-state index in [1.807, 2.05) is 6.07 Å². The van der Waals surface area contributed by atoms with Gasteiger partial charge in [-0.25, -0.2) is 4.39 Å². The largest absolute Gasteiger partial charge is 0.396 e. The van der Waals surface area contributed by atoms with Crippen LogP contribution in [0.25, 0.3) is 10.1 Å². The van der Waals surface area contributed by atoms with E-state index >= 15 is 0 Å². The van der Waals surface area contributed by atoms with Gasteiger partial charge < -0.3 is 5.11 Å². The minimum Gasteiger partial charge on any atom is -0.396 e.